The van der Waals surface area contributed by atoms with Crippen molar-refractivity contribution in [3.63, 3.8) is 0 Å². The highest BCUT2D eigenvalue weighted by Gasteiger charge is 2.32. The number of carbonyl (C=O) groups is 2. The summed E-state index contributed by atoms with van der Waals surface area (Å²) in [5.74, 6) is -1.48. The molecule has 0 saturated heterocycles. The molecule has 2 rings (SSSR count). The molecule has 0 spiro atoms. The lowest BCUT2D eigenvalue weighted by molar-refractivity contribution is -0.140. The highest BCUT2D eigenvalue weighted by Crippen LogP contribution is 2.27. The number of methoxy groups -OCH3 is 2. The van der Waals surface area contributed by atoms with Crippen LogP contribution in [0.25, 0.3) is 0 Å². The van der Waals surface area contributed by atoms with Crippen LogP contribution in [0.4, 0.5) is 5.69 Å². The molecule has 10 nitrogen and oxygen atoms in total. The molecule has 0 unspecified atom stereocenters. The first-order chi connectivity index (χ1) is 12.9. The standard InChI is InChI=1S/C16H20N2O8S/c1-24-15(20)13-9-26-10-18(14(13)16(21)25-2)11-3-5-12(6-4-11)27(22,23)17-7-8-19/h3-6,17,19H,7-10H2,1-2H3. The Labute approximate surface area is 156 Å². The zero-order valence-electron chi connectivity index (χ0n) is 14.8. The van der Waals surface area contributed by atoms with E-state index in [0.717, 1.165) is 0 Å². The van der Waals surface area contributed by atoms with Gasteiger partial charge in [0.15, 0.2) is 0 Å². The van der Waals surface area contributed by atoms with Gasteiger partial charge in [-0.1, -0.05) is 0 Å². The summed E-state index contributed by atoms with van der Waals surface area (Å²) in [7, 11) is -1.41. The van der Waals surface area contributed by atoms with Gasteiger partial charge in [-0.3, -0.25) is 0 Å². The van der Waals surface area contributed by atoms with Gasteiger partial charge >= 0.3 is 11.9 Å². The number of ether oxygens (including phenoxy) is 3. The first kappa shape index (κ1) is 20.8. The summed E-state index contributed by atoms with van der Waals surface area (Å²) < 4.78 is 41.2. The van der Waals surface area contributed by atoms with Crippen molar-refractivity contribution in [2.24, 2.45) is 0 Å². The van der Waals surface area contributed by atoms with E-state index in [1.54, 1.807) is 0 Å². The fourth-order valence-electron chi connectivity index (χ4n) is 2.42. The summed E-state index contributed by atoms with van der Waals surface area (Å²) in [5.41, 5.74) is 0.374. The van der Waals surface area contributed by atoms with E-state index < -0.39 is 22.0 Å². The Bertz CT molecular complexity index is 832. The molecular formula is C16H20N2O8S. The van der Waals surface area contributed by atoms with E-state index in [2.05, 4.69) is 9.46 Å². The molecule has 1 aromatic rings. The van der Waals surface area contributed by atoms with Crippen molar-refractivity contribution in [1.29, 1.82) is 0 Å². The van der Waals surface area contributed by atoms with E-state index >= 15 is 0 Å². The van der Waals surface area contributed by atoms with Crippen LogP contribution in [0.2, 0.25) is 0 Å². The summed E-state index contributed by atoms with van der Waals surface area (Å²) in [6.07, 6.45) is 0. The van der Waals surface area contributed by atoms with Crippen LogP contribution in [-0.4, -0.2) is 66.2 Å². The summed E-state index contributed by atoms with van der Waals surface area (Å²) in [6, 6.07) is 5.58. The smallest absolute Gasteiger partial charge is 0.355 e. The Morgan fingerprint density at radius 3 is 2.37 bits per heavy atom. The van der Waals surface area contributed by atoms with Crippen LogP contribution in [0.5, 0.6) is 0 Å². The first-order valence-corrected chi connectivity index (χ1v) is 9.29. The number of aliphatic hydroxyl groups is 1. The number of aliphatic hydroxyl groups excluding tert-OH is 1. The minimum absolute atomic E-state index is 0.00286. The number of anilines is 1. The quantitative estimate of drug-likeness (QED) is 0.573. The van der Waals surface area contributed by atoms with E-state index in [9.17, 15) is 18.0 Å². The molecule has 0 radical (unpaired) electrons. The third-order valence-electron chi connectivity index (χ3n) is 3.70. The SMILES string of the molecule is COC(=O)C1=C(C(=O)OC)N(c2ccc(S(=O)(=O)NCCO)cc2)COC1. The van der Waals surface area contributed by atoms with Crippen molar-refractivity contribution in [1.82, 2.24) is 4.72 Å². The van der Waals surface area contributed by atoms with Crippen molar-refractivity contribution >= 4 is 27.6 Å². The van der Waals surface area contributed by atoms with Gasteiger partial charge in [0, 0.05) is 12.2 Å². The Morgan fingerprint density at radius 2 is 1.81 bits per heavy atom. The average Bonchev–Trinajstić information content (AvgIpc) is 2.70. The van der Waals surface area contributed by atoms with Crippen molar-refractivity contribution < 1.29 is 37.3 Å². The number of benzene rings is 1. The number of hydrogen-bond acceptors (Lipinski definition) is 9. The van der Waals surface area contributed by atoms with Gasteiger partial charge in [-0.25, -0.2) is 22.7 Å². The van der Waals surface area contributed by atoms with Gasteiger partial charge < -0.3 is 24.2 Å². The predicted octanol–water partition coefficient (Wildman–Crippen LogP) is -0.649. The number of nitrogens with one attached hydrogen (secondary N) is 1. The lowest BCUT2D eigenvalue weighted by atomic mass is 10.1. The number of nitrogens with zero attached hydrogens (tertiary/aromatic N) is 1. The first-order valence-electron chi connectivity index (χ1n) is 7.81. The summed E-state index contributed by atoms with van der Waals surface area (Å²) in [4.78, 5) is 25.5. The van der Waals surface area contributed by atoms with Gasteiger partial charge in [0.25, 0.3) is 0 Å². The van der Waals surface area contributed by atoms with Gasteiger partial charge in [-0.05, 0) is 24.3 Å². The van der Waals surface area contributed by atoms with Gasteiger partial charge in [0.1, 0.15) is 12.4 Å². The fraction of sp³-hybridized carbons (Fsp3) is 0.375. The van der Waals surface area contributed by atoms with Gasteiger partial charge in [0.2, 0.25) is 10.0 Å². The second-order valence-corrected chi connectivity index (χ2v) is 7.10. The van der Waals surface area contributed by atoms with E-state index in [0.29, 0.717) is 5.69 Å². The summed E-state index contributed by atoms with van der Waals surface area (Å²) >= 11 is 0. The fourth-order valence-corrected chi connectivity index (χ4v) is 3.44. The number of hydrogen-bond donors (Lipinski definition) is 2. The molecule has 0 aromatic heterocycles. The minimum atomic E-state index is -3.77. The van der Waals surface area contributed by atoms with Crippen molar-refractivity contribution in [3.8, 4) is 0 Å². The second kappa shape index (κ2) is 8.95. The molecule has 0 fully saturated rings. The molecule has 0 aliphatic carbocycles. The van der Waals surface area contributed by atoms with Gasteiger partial charge in [-0.15, -0.1) is 0 Å². The molecule has 2 N–H and O–H groups in total. The zero-order chi connectivity index (χ0) is 20.0. The summed E-state index contributed by atoms with van der Waals surface area (Å²) in [5, 5.41) is 8.75. The Hall–Kier alpha value is -2.47. The van der Waals surface area contributed by atoms with Crippen LogP contribution >= 0.6 is 0 Å². The molecule has 1 aliphatic rings. The lowest BCUT2D eigenvalue weighted by Gasteiger charge is -2.31. The Kier molecular flexibility index (Phi) is 6.91. The molecule has 0 bridgehead atoms. The maximum absolute atomic E-state index is 12.2. The van der Waals surface area contributed by atoms with E-state index in [4.69, 9.17) is 14.6 Å². The molecule has 0 atom stereocenters. The van der Waals surface area contributed by atoms with Crippen LogP contribution < -0.4 is 9.62 Å². The van der Waals surface area contributed by atoms with Gasteiger partial charge in [-0.2, -0.15) is 0 Å². The van der Waals surface area contributed by atoms with E-state index in [1.165, 1.54) is 43.4 Å². The molecule has 11 heteroatoms. The van der Waals surface area contributed by atoms with Crippen molar-refractivity contribution in [2.45, 2.75) is 4.90 Å². The molecule has 148 valence electrons. The molecular weight excluding hydrogens is 380 g/mol. The van der Waals surface area contributed by atoms with Gasteiger partial charge in [0.05, 0.1) is 37.9 Å². The highest BCUT2D eigenvalue weighted by molar-refractivity contribution is 7.89. The van der Waals surface area contributed by atoms with Crippen LogP contribution in [0.3, 0.4) is 0 Å². The molecule has 1 aliphatic heterocycles. The summed E-state index contributed by atoms with van der Waals surface area (Å²) in [6.45, 7) is -0.598. The topological polar surface area (TPSA) is 131 Å². The average molecular weight is 400 g/mol. The van der Waals surface area contributed by atoms with Crippen LogP contribution in [0.15, 0.2) is 40.4 Å². The third kappa shape index (κ3) is 4.63. The zero-order valence-corrected chi connectivity index (χ0v) is 15.6. The maximum Gasteiger partial charge on any atom is 0.355 e. The normalized spacial score (nSPS) is 14.9. The Morgan fingerprint density at radius 1 is 1.19 bits per heavy atom. The Balaban J connectivity index is 2.41. The molecule has 1 aromatic carbocycles. The largest absolute Gasteiger partial charge is 0.466 e. The monoisotopic (exact) mass is 400 g/mol. The molecule has 1 heterocycles. The van der Waals surface area contributed by atoms with E-state index in [-0.39, 0.29) is 42.7 Å². The molecule has 0 amide bonds. The molecule has 0 saturated carbocycles. The van der Waals surface area contributed by atoms with Crippen LogP contribution in [-0.2, 0) is 33.8 Å². The number of carbonyl (C=O) groups excluding carboxylic acids is 2. The van der Waals surface area contributed by atoms with Crippen molar-refractivity contribution in [3.05, 3.63) is 35.5 Å². The number of esters is 2. The number of sulfonamides is 1. The highest BCUT2D eigenvalue weighted by atomic mass is 32.2. The van der Waals surface area contributed by atoms with E-state index in [1.807, 2.05) is 0 Å². The minimum Gasteiger partial charge on any atom is -0.466 e. The predicted molar refractivity (Wildman–Crippen MR) is 93.1 cm³/mol. The molecule has 27 heavy (non-hydrogen) atoms. The third-order valence-corrected chi connectivity index (χ3v) is 5.17. The number of rotatable bonds is 7. The lowest BCUT2D eigenvalue weighted by Crippen LogP contribution is -2.38. The second-order valence-electron chi connectivity index (χ2n) is 5.33. The maximum atomic E-state index is 12.2. The van der Waals surface area contributed by atoms with Crippen LogP contribution in [0.1, 0.15) is 0 Å². The van der Waals surface area contributed by atoms with Crippen molar-refractivity contribution in [2.75, 3.05) is 45.6 Å². The van der Waals surface area contributed by atoms with Crippen LogP contribution in [0, 0.1) is 0 Å².